The Labute approximate surface area is 289 Å². The van der Waals surface area contributed by atoms with Crippen LogP contribution in [0, 0.1) is 19.3 Å². The van der Waals surface area contributed by atoms with Crippen LogP contribution in [0.4, 0.5) is 11.8 Å². The fourth-order valence-corrected chi connectivity index (χ4v) is 7.54. The Morgan fingerprint density at radius 2 is 1.71 bits per heavy atom. The molecule has 0 saturated heterocycles. The third kappa shape index (κ3) is 7.85. The molecule has 1 fully saturated rings. The maximum Gasteiger partial charge on any atom is 0.264 e. The van der Waals surface area contributed by atoms with E-state index >= 15 is 0 Å². The first-order valence-electron chi connectivity index (χ1n) is 16.8. The molecule has 3 heterocycles. The number of aromatic nitrogens is 4. The molecule has 0 spiro atoms. The van der Waals surface area contributed by atoms with Crippen molar-refractivity contribution in [3.8, 4) is 17.1 Å². The zero-order valence-electron chi connectivity index (χ0n) is 29.1. The number of amides is 1. The Bertz CT molecular complexity index is 1940. The van der Waals surface area contributed by atoms with Crippen molar-refractivity contribution in [2.75, 3.05) is 23.3 Å². The molecule has 11 nitrogen and oxygen atoms in total. The molecule has 1 saturated carbocycles. The van der Waals surface area contributed by atoms with Crippen molar-refractivity contribution in [2.45, 2.75) is 90.2 Å². The predicted octanol–water partition coefficient (Wildman–Crippen LogP) is 6.57. The Kier molecular flexibility index (Phi) is 9.61. The minimum Gasteiger partial charge on any atom is -0.477 e. The number of sulfonamides is 1. The Balaban J connectivity index is 1.42. The summed E-state index contributed by atoms with van der Waals surface area (Å²) in [5.41, 5.74) is 4.18. The highest BCUT2D eigenvalue weighted by Crippen LogP contribution is 2.32. The highest BCUT2D eigenvalue weighted by atomic mass is 32.2. The first-order valence-corrected chi connectivity index (χ1v) is 18.3. The van der Waals surface area contributed by atoms with E-state index in [1.54, 1.807) is 35.5 Å². The highest BCUT2D eigenvalue weighted by molar-refractivity contribution is 7.92. The number of fused-ring (bicyclic) bond motifs is 4. The lowest BCUT2D eigenvalue weighted by Crippen LogP contribution is -2.43. The van der Waals surface area contributed by atoms with Crippen LogP contribution >= 0.6 is 0 Å². The van der Waals surface area contributed by atoms with Crippen molar-refractivity contribution < 1.29 is 17.9 Å². The third-order valence-corrected chi connectivity index (χ3v) is 10.6. The summed E-state index contributed by atoms with van der Waals surface area (Å²) in [6.07, 6.45) is 8.07. The number of aryl methyl sites for hydroxylation is 2. The van der Waals surface area contributed by atoms with Crippen LogP contribution in [-0.4, -0.2) is 64.9 Å². The minimum atomic E-state index is -4.18. The molecule has 1 aliphatic carbocycles. The third-order valence-electron chi connectivity index (χ3n) is 9.30. The zero-order valence-corrected chi connectivity index (χ0v) is 29.9. The van der Waals surface area contributed by atoms with Gasteiger partial charge in [-0.15, -0.1) is 0 Å². The van der Waals surface area contributed by atoms with Gasteiger partial charge in [0.15, 0.2) is 0 Å². The molecule has 1 amide bonds. The SMILES string of the molecule is Cc1cccc(C)c1-c1cc2nc(n1)NS(=O)(=O)c1cccc(c1)C(=O)N(Cc1cncc(N(C)C3CCC3)n1)[C@H](CC(C)(C)C)CCO2. The van der Waals surface area contributed by atoms with E-state index in [2.05, 4.69) is 45.3 Å². The fourth-order valence-electron chi connectivity index (χ4n) is 6.55. The molecule has 4 bridgehead atoms. The maximum absolute atomic E-state index is 14.5. The Morgan fingerprint density at radius 1 is 0.980 bits per heavy atom. The Morgan fingerprint density at radius 3 is 2.41 bits per heavy atom. The van der Waals surface area contributed by atoms with Gasteiger partial charge in [-0.2, -0.15) is 4.98 Å². The van der Waals surface area contributed by atoms with E-state index in [0.29, 0.717) is 30.3 Å². The fraction of sp³-hybridized carbons (Fsp3) is 0.432. The van der Waals surface area contributed by atoms with Crippen LogP contribution in [0.15, 0.2) is 65.8 Å². The van der Waals surface area contributed by atoms with Crippen LogP contribution in [0.5, 0.6) is 5.88 Å². The molecule has 258 valence electrons. The van der Waals surface area contributed by atoms with Crippen molar-refractivity contribution >= 4 is 27.7 Å². The van der Waals surface area contributed by atoms with Gasteiger partial charge < -0.3 is 14.5 Å². The van der Waals surface area contributed by atoms with Gasteiger partial charge in [0.05, 0.1) is 41.8 Å². The van der Waals surface area contributed by atoms with Crippen molar-refractivity contribution in [3.63, 3.8) is 0 Å². The van der Waals surface area contributed by atoms with E-state index in [1.807, 2.05) is 39.1 Å². The van der Waals surface area contributed by atoms with Gasteiger partial charge in [-0.05, 0) is 74.3 Å². The number of benzene rings is 2. The van der Waals surface area contributed by atoms with E-state index in [0.717, 1.165) is 35.3 Å². The van der Waals surface area contributed by atoms with Crippen LogP contribution in [0.1, 0.15) is 80.1 Å². The van der Waals surface area contributed by atoms with Crippen LogP contribution in [0.2, 0.25) is 0 Å². The summed E-state index contributed by atoms with van der Waals surface area (Å²) in [6, 6.07) is 13.9. The molecule has 0 radical (unpaired) electrons. The second-order valence-corrected chi connectivity index (χ2v) is 16.1. The second-order valence-electron chi connectivity index (χ2n) is 14.4. The summed E-state index contributed by atoms with van der Waals surface area (Å²) in [5.74, 6) is 0.601. The molecule has 1 aliphatic heterocycles. The van der Waals surface area contributed by atoms with Gasteiger partial charge in [0.25, 0.3) is 15.9 Å². The van der Waals surface area contributed by atoms with Crippen LogP contribution in [0.3, 0.4) is 0 Å². The second kappa shape index (κ2) is 13.7. The van der Waals surface area contributed by atoms with Gasteiger partial charge >= 0.3 is 0 Å². The van der Waals surface area contributed by atoms with Gasteiger partial charge in [0, 0.05) is 42.7 Å². The lowest BCUT2D eigenvalue weighted by molar-refractivity contribution is 0.0568. The van der Waals surface area contributed by atoms with Crippen molar-refractivity contribution in [2.24, 2.45) is 5.41 Å². The topological polar surface area (TPSA) is 131 Å². The smallest absolute Gasteiger partial charge is 0.264 e. The lowest BCUT2D eigenvalue weighted by atomic mass is 9.86. The van der Waals surface area contributed by atoms with Gasteiger partial charge in [-0.1, -0.05) is 45.0 Å². The summed E-state index contributed by atoms with van der Waals surface area (Å²) in [6.45, 7) is 10.8. The van der Waals surface area contributed by atoms with E-state index in [4.69, 9.17) is 9.72 Å². The maximum atomic E-state index is 14.5. The van der Waals surface area contributed by atoms with Gasteiger partial charge in [0.2, 0.25) is 11.8 Å². The number of nitrogens with one attached hydrogen (secondary N) is 1. The molecule has 4 aromatic rings. The molecule has 6 rings (SSSR count). The molecule has 2 aliphatic rings. The summed E-state index contributed by atoms with van der Waals surface area (Å²) in [4.78, 5) is 36.9. The molecule has 49 heavy (non-hydrogen) atoms. The van der Waals surface area contributed by atoms with Crippen LogP contribution < -0.4 is 14.4 Å². The summed E-state index contributed by atoms with van der Waals surface area (Å²) in [5, 5.41) is 0. The minimum absolute atomic E-state index is 0.0739. The van der Waals surface area contributed by atoms with Crippen molar-refractivity contribution in [3.05, 3.63) is 83.3 Å². The number of carbonyl (C=O) groups excluding carboxylic acids is 1. The first kappa shape index (κ1) is 34.3. The molecule has 2 aromatic carbocycles. The molecule has 1 atom stereocenters. The van der Waals surface area contributed by atoms with Gasteiger partial charge in [0.1, 0.15) is 5.82 Å². The number of rotatable bonds is 6. The molecular weight excluding hydrogens is 639 g/mol. The molecule has 2 aromatic heterocycles. The number of ether oxygens (including phenoxy) is 1. The normalized spacial score (nSPS) is 18.1. The summed E-state index contributed by atoms with van der Waals surface area (Å²) in [7, 11) is -2.14. The van der Waals surface area contributed by atoms with E-state index < -0.39 is 10.0 Å². The summed E-state index contributed by atoms with van der Waals surface area (Å²) >= 11 is 0. The monoisotopic (exact) mass is 683 g/mol. The number of anilines is 2. The quantitative estimate of drug-likeness (QED) is 0.240. The molecule has 0 unspecified atom stereocenters. The highest BCUT2D eigenvalue weighted by Gasteiger charge is 2.31. The molecular formula is C37H45N7O4S. The zero-order chi connectivity index (χ0) is 34.9. The van der Waals surface area contributed by atoms with Gasteiger partial charge in [-0.25, -0.2) is 23.1 Å². The molecule has 1 N–H and O–H groups in total. The van der Waals surface area contributed by atoms with Crippen LogP contribution in [-0.2, 0) is 16.6 Å². The van der Waals surface area contributed by atoms with Crippen LogP contribution in [0.25, 0.3) is 11.3 Å². The number of carbonyl (C=O) groups is 1. The summed E-state index contributed by atoms with van der Waals surface area (Å²) < 4.78 is 36.3. The lowest BCUT2D eigenvalue weighted by Gasteiger charge is -2.37. The van der Waals surface area contributed by atoms with Gasteiger partial charge in [-0.3, -0.25) is 9.78 Å². The van der Waals surface area contributed by atoms with E-state index in [-0.39, 0.29) is 52.8 Å². The number of hydrogen-bond acceptors (Lipinski definition) is 9. The van der Waals surface area contributed by atoms with Crippen molar-refractivity contribution in [1.82, 2.24) is 24.8 Å². The largest absolute Gasteiger partial charge is 0.477 e. The molecule has 12 heteroatoms. The standard InChI is InChI=1S/C37H45N7O4S/c1-24-10-7-11-25(2)34(24)31-19-33-41-36(40-31)42-49(46,47)30-15-8-12-26(18-30)35(45)44(29(16-17-48-33)20-37(3,4)5)23-27-21-38-22-32(39-27)43(6)28-13-9-14-28/h7-8,10-12,15,18-19,21-22,28-29H,9,13-14,16-17,20,23H2,1-6H3,(H,40,41,42)/t29-/m0/s1. The van der Waals surface area contributed by atoms with E-state index in [9.17, 15) is 13.2 Å². The number of nitrogens with zero attached hydrogens (tertiary/aromatic N) is 6. The average Bonchev–Trinajstić information content (AvgIpc) is 3.01. The predicted molar refractivity (Wildman–Crippen MR) is 190 cm³/mol. The van der Waals surface area contributed by atoms with E-state index in [1.165, 1.54) is 18.6 Å². The average molecular weight is 684 g/mol. The Hall–Kier alpha value is -4.58. The number of hydrogen-bond donors (Lipinski definition) is 1. The van der Waals surface area contributed by atoms with Crippen molar-refractivity contribution in [1.29, 1.82) is 0 Å². The first-order chi connectivity index (χ1) is 23.3.